The number of nitrogens with one attached hydrogen (secondary N) is 2. The van der Waals surface area contributed by atoms with Crippen LogP contribution in [0, 0.1) is 5.92 Å². The number of carbonyl (C=O) groups excluding carboxylic acids is 1. The fourth-order valence-electron chi connectivity index (χ4n) is 2.12. The maximum atomic E-state index is 12.0. The van der Waals surface area contributed by atoms with Crippen molar-refractivity contribution in [3.05, 3.63) is 0 Å². The molecular formula is C11H21N3O6S. The Morgan fingerprint density at radius 1 is 1.33 bits per heavy atom. The van der Waals surface area contributed by atoms with Gasteiger partial charge in [-0.1, -0.05) is 0 Å². The number of hydrogen-bond acceptors (Lipinski definition) is 5. The van der Waals surface area contributed by atoms with Crippen molar-refractivity contribution >= 4 is 22.0 Å². The highest BCUT2D eigenvalue weighted by atomic mass is 32.2. The lowest BCUT2D eigenvalue weighted by atomic mass is 10.0. The van der Waals surface area contributed by atoms with Gasteiger partial charge in [-0.05, 0) is 6.92 Å². The molecule has 1 rings (SSSR count). The number of carboxylic acid groups (broad SMARTS) is 1. The van der Waals surface area contributed by atoms with Crippen LogP contribution in [0.1, 0.15) is 6.92 Å². The van der Waals surface area contributed by atoms with E-state index in [0.29, 0.717) is 6.54 Å². The number of carboxylic acids is 1. The first-order valence-electron chi connectivity index (χ1n) is 6.56. The van der Waals surface area contributed by atoms with Gasteiger partial charge in [0.15, 0.2) is 0 Å². The molecule has 1 aliphatic rings. The van der Waals surface area contributed by atoms with Gasteiger partial charge < -0.3 is 20.1 Å². The predicted octanol–water partition coefficient (Wildman–Crippen LogP) is -1.33. The smallest absolute Gasteiger partial charge is 0.317 e. The maximum absolute atomic E-state index is 12.0. The third kappa shape index (κ3) is 5.48. The van der Waals surface area contributed by atoms with E-state index >= 15 is 0 Å². The topological polar surface area (TPSA) is 125 Å². The Hall–Kier alpha value is -1.39. The highest BCUT2D eigenvalue weighted by Crippen LogP contribution is 2.20. The number of ether oxygens (including phenoxy) is 1. The van der Waals surface area contributed by atoms with Crippen LogP contribution in [-0.2, 0) is 19.6 Å². The van der Waals surface area contributed by atoms with Crippen molar-refractivity contribution in [2.45, 2.75) is 13.0 Å². The van der Waals surface area contributed by atoms with E-state index in [1.165, 1.54) is 4.90 Å². The van der Waals surface area contributed by atoms with Crippen LogP contribution in [-0.4, -0.2) is 75.6 Å². The number of urea groups is 1. The van der Waals surface area contributed by atoms with Gasteiger partial charge in [-0.2, -0.15) is 0 Å². The number of rotatable bonds is 7. The molecular weight excluding hydrogens is 302 g/mol. The number of aliphatic carboxylic acids is 1. The lowest BCUT2D eigenvalue weighted by Crippen LogP contribution is -2.51. The summed E-state index contributed by atoms with van der Waals surface area (Å²) in [5, 5.41) is 11.7. The SMILES string of the molecule is CCN(C(=O)NCCNS(C)(=O)=O)C1COCC1C(=O)O. The highest BCUT2D eigenvalue weighted by Gasteiger charge is 2.39. The van der Waals surface area contributed by atoms with Crippen LogP contribution in [0.25, 0.3) is 0 Å². The molecule has 1 fully saturated rings. The fourth-order valence-corrected chi connectivity index (χ4v) is 2.60. The van der Waals surface area contributed by atoms with Crippen LogP contribution < -0.4 is 10.0 Å². The average molecular weight is 323 g/mol. The normalized spacial score (nSPS) is 22.0. The van der Waals surface area contributed by atoms with Crippen LogP contribution in [0.2, 0.25) is 0 Å². The Kier molecular flexibility index (Phi) is 6.37. The lowest BCUT2D eigenvalue weighted by molar-refractivity contribution is -0.142. The van der Waals surface area contributed by atoms with Gasteiger partial charge in [0.25, 0.3) is 0 Å². The van der Waals surface area contributed by atoms with Crippen LogP contribution in [0.3, 0.4) is 0 Å². The summed E-state index contributed by atoms with van der Waals surface area (Å²) < 4.78 is 29.1. The molecule has 0 aromatic rings. The zero-order valence-corrected chi connectivity index (χ0v) is 12.9. The van der Waals surface area contributed by atoms with Crippen molar-refractivity contribution in [1.29, 1.82) is 0 Å². The van der Waals surface area contributed by atoms with Crippen molar-refractivity contribution in [1.82, 2.24) is 14.9 Å². The summed E-state index contributed by atoms with van der Waals surface area (Å²) in [6.45, 7) is 2.54. The van der Waals surface area contributed by atoms with Crippen molar-refractivity contribution in [2.24, 2.45) is 5.92 Å². The van der Waals surface area contributed by atoms with E-state index in [1.54, 1.807) is 6.92 Å². The van der Waals surface area contributed by atoms with Gasteiger partial charge >= 0.3 is 12.0 Å². The quantitative estimate of drug-likeness (QED) is 0.498. The van der Waals surface area contributed by atoms with E-state index in [9.17, 15) is 18.0 Å². The van der Waals surface area contributed by atoms with E-state index in [-0.39, 0.29) is 26.3 Å². The third-order valence-corrected chi connectivity index (χ3v) is 3.86. The summed E-state index contributed by atoms with van der Waals surface area (Å²) in [6, 6.07) is -0.954. The number of nitrogens with zero attached hydrogens (tertiary/aromatic N) is 1. The Balaban J connectivity index is 2.51. The average Bonchev–Trinajstić information content (AvgIpc) is 2.84. The molecule has 1 saturated heterocycles. The van der Waals surface area contributed by atoms with Gasteiger partial charge in [0.2, 0.25) is 10.0 Å². The molecule has 1 aliphatic heterocycles. The van der Waals surface area contributed by atoms with Crippen molar-refractivity contribution in [3.63, 3.8) is 0 Å². The minimum atomic E-state index is -3.30. The number of hydrogen-bond donors (Lipinski definition) is 3. The molecule has 2 amide bonds. The van der Waals surface area contributed by atoms with Gasteiger partial charge in [0.1, 0.15) is 5.92 Å². The highest BCUT2D eigenvalue weighted by molar-refractivity contribution is 7.88. The zero-order chi connectivity index (χ0) is 16.0. The van der Waals surface area contributed by atoms with Crippen LogP contribution in [0.4, 0.5) is 4.79 Å². The van der Waals surface area contributed by atoms with Gasteiger partial charge in [0.05, 0.1) is 25.5 Å². The number of carbonyl (C=O) groups is 2. The molecule has 0 aliphatic carbocycles. The second kappa shape index (κ2) is 7.57. The summed E-state index contributed by atoms with van der Waals surface area (Å²) in [4.78, 5) is 24.5. The summed E-state index contributed by atoms with van der Waals surface area (Å²) in [5.74, 6) is -1.74. The first-order valence-corrected chi connectivity index (χ1v) is 8.45. The van der Waals surface area contributed by atoms with Gasteiger partial charge in [-0.3, -0.25) is 4.79 Å². The third-order valence-electron chi connectivity index (χ3n) is 3.14. The summed E-state index contributed by atoms with van der Waals surface area (Å²) in [5.41, 5.74) is 0. The summed E-state index contributed by atoms with van der Waals surface area (Å²) in [6.07, 6.45) is 1.03. The van der Waals surface area contributed by atoms with Crippen LogP contribution >= 0.6 is 0 Å². The van der Waals surface area contributed by atoms with Gasteiger partial charge in [-0.25, -0.2) is 17.9 Å². The minimum absolute atomic E-state index is 0.0751. The predicted molar refractivity (Wildman–Crippen MR) is 74.4 cm³/mol. The van der Waals surface area contributed by atoms with Crippen molar-refractivity contribution < 1.29 is 27.9 Å². The van der Waals surface area contributed by atoms with Crippen LogP contribution in [0.15, 0.2) is 0 Å². The first kappa shape index (κ1) is 17.7. The minimum Gasteiger partial charge on any atom is -0.481 e. The maximum Gasteiger partial charge on any atom is 0.317 e. The van der Waals surface area contributed by atoms with E-state index < -0.39 is 34.0 Å². The Labute approximate surface area is 123 Å². The van der Waals surface area contributed by atoms with E-state index in [4.69, 9.17) is 9.84 Å². The molecule has 122 valence electrons. The molecule has 1 heterocycles. The van der Waals surface area contributed by atoms with E-state index in [2.05, 4.69) is 10.0 Å². The second-order valence-corrected chi connectivity index (χ2v) is 6.57. The summed E-state index contributed by atoms with van der Waals surface area (Å²) >= 11 is 0. The number of sulfonamides is 1. The van der Waals surface area contributed by atoms with Gasteiger partial charge in [0, 0.05) is 19.6 Å². The molecule has 3 N–H and O–H groups in total. The number of likely N-dealkylation sites (N-methyl/N-ethyl adjacent to an activating group) is 1. The lowest BCUT2D eigenvalue weighted by Gasteiger charge is -2.29. The summed E-state index contributed by atoms with van der Waals surface area (Å²) in [7, 11) is -3.30. The first-order chi connectivity index (χ1) is 9.76. The molecule has 0 aromatic heterocycles. The van der Waals surface area contributed by atoms with E-state index in [1.807, 2.05) is 0 Å². The molecule has 10 heteroatoms. The van der Waals surface area contributed by atoms with Crippen molar-refractivity contribution in [3.8, 4) is 0 Å². The van der Waals surface area contributed by atoms with Crippen molar-refractivity contribution in [2.75, 3.05) is 39.1 Å². The Bertz CT molecular complexity index is 480. The van der Waals surface area contributed by atoms with Crippen LogP contribution in [0.5, 0.6) is 0 Å². The molecule has 9 nitrogen and oxygen atoms in total. The largest absolute Gasteiger partial charge is 0.481 e. The number of amides is 2. The Morgan fingerprint density at radius 3 is 2.52 bits per heavy atom. The molecule has 2 atom stereocenters. The standard InChI is InChI=1S/C11H21N3O6S/c1-3-14(9-7-20-6-8(9)10(15)16)11(17)12-4-5-13-21(2,18)19/h8-9,13H,3-7H2,1-2H3,(H,12,17)(H,15,16). The Morgan fingerprint density at radius 2 is 2.00 bits per heavy atom. The molecule has 21 heavy (non-hydrogen) atoms. The zero-order valence-electron chi connectivity index (χ0n) is 12.0. The fraction of sp³-hybridized carbons (Fsp3) is 0.818. The molecule has 0 bridgehead atoms. The van der Waals surface area contributed by atoms with Gasteiger partial charge in [-0.15, -0.1) is 0 Å². The second-order valence-electron chi connectivity index (χ2n) is 4.73. The molecule has 0 aromatic carbocycles. The monoisotopic (exact) mass is 323 g/mol. The van der Waals surface area contributed by atoms with E-state index in [0.717, 1.165) is 6.26 Å². The molecule has 0 radical (unpaired) electrons. The molecule has 0 spiro atoms. The molecule has 0 saturated carbocycles. The molecule has 2 unspecified atom stereocenters.